The first-order chi connectivity index (χ1) is 7.45. The van der Waals surface area contributed by atoms with E-state index in [1.54, 1.807) is 12.1 Å². The van der Waals surface area contributed by atoms with E-state index in [2.05, 4.69) is 10.8 Å². The van der Waals surface area contributed by atoms with Gasteiger partial charge in [-0.25, -0.2) is 8.42 Å². The van der Waals surface area contributed by atoms with Crippen LogP contribution in [0.1, 0.15) is 18.4 Å². The fourth-order valence-corrected chi connectivity index (χ4v) is 2.23. The third-order valence-electron chi connectivity index (χ3n) is 2.70. The van der Waals surface area contributed by atoms with Gasteiger partial charge < -0.3 is 0 Å². The van der Waals surface area contributed by atoms with Crippen LogP contribution in [0.5, 0.6) is 0 Å². The predicted octanol–water partition coefficient (Wildman–Crippen LogP) is 1.61. The summed E-state index contributed by atoms with van der Waals surface area (Å²) in [4.78, 5) is 0. The minimum atomic E-state index is -3.23. The summed E-state index contributed by atoms with van der Waals surface area (Å²) in [6.07, 6.45) is 2.89. The first-order valence-corrected chi connectivity index (χ1v) is 6.84. The standard InChI is InChI=1S/C11H12N2O2S/c1-16(14,15)13-10-4-2-9(3-5-10)11(8-12)6-7-11/h2-5,13H,6-7H2,1H3. The van der Waals surface area contributed by atoms with E-state index in [0.717, 1.165) is 24.7 Å². The molecule has 0 amide bonds. The normalized spacial score (nSPS) is 17.5. The summed E-state index contributed by atoms with van der Waals surface area (Å²) in [5.41, 5.74) is 1.18. The summed E-state index contributed by atoms with van der Waals surface area (Å²) < 4.78 is 24.4. The Balaban J connectivity index is 2.21. The van der Waals surface area contributed by atoms with E-state index in [4.69, 9.17) is 5.26 Å². The van der Waals surface area contributed by atoms with Crippen molar-refractivity contribution in [3.8, 4) is 6.07 Å². The van der Waals surface area contributed by atoms with Crippen LogP contribution < -0.4 is 4.72 Å². The molecule has 4 nitrogen and oxygen atoms in total. The first-order valence-electron chi connectivity index (χ1n) is 4.95. The lowest BCUT2D eigenvalue weighted by Crippen LogP contribution is -2.10. The van der Waals surface area contributed by atoms with Crippen molar-refractivity contribution in [1.82, 2.24) is 0 Å². The van der Waals surface area contributed by atoms with Gasteiger partial charge in [-0.1, -0.05) is 12.1 Å². The molecule has 5 heteroatoms. The molecular weight excluding hydrogens is 224 g/mol. The largest absolute Gasteiger partial charge is 0.284 e. The van der Waals surface area contributed by atoms with Crippen molar-refractivity contribution < 1.29 is 8.42 Å². The number of benzene rings is 1. The van der Waals surface area contributed by atoms with Crippen LogP contribution in [0.4, 0.5) is 5.69 Å². The number of sulfonamides is 1. The second kappa shape index (κ2) is 3.49. The van der Waals surface area contributed by atoms with Gasteiger partial charge in [-0.2, -0.15) is 5.26 Å². The molecule has 1 N–H and O–H groups in total. The molecule has 0 saturated heterocycles. The van der Waals surface area contributed by atoms with Gasteiger partial charge in [0.1, 0.15) is 0 Å². The molecule has 1 aromatic rings. The molecule has 0 unspecified atom stereocenters. The minimum Gasteiger partial charge on any atom is -0.284 e. The number of anilines is 1. The number of rotatable bonds is 3. The van der Waals surface area contributed by atoms with E-state index in [-0.39, 0.29) is 5.41 Å². The lowest BCUT2D eigenvalue weighted by Gasteiger charge is -2.08. The second-order valence-corrected chi connectivity index (χ2v) is 5.89. The summed E-state index contributed by atoms with van der Waals surface area (Å²) in [7, 11) is -3.23. The van der Waals surface area contributed by atoms with Crippen molar-refractivity contribution in [3.63, 3.8) is 0 Å². The van der Waals surface area contributed by atoms with Crippen LogP contribution >= 0.6 is 0 Å². The molecule has 16 heavy (non-hydrogen) atoms. The van der Waals surface area contributed by atoms with Crippen LogP contribution in [-0.4, -0.2) is 14.7 Å². The van der Waals surface area contributed by atoms with Gasteiger partial charge in [-0.3, -0.25) is 4.72 Å². The molecule has 0 aliphatic heterocycles. The molecule has 0 spiro atoms. The number of hydrogen-bond donors (Lipinski definition) is 1. The average Bonchev–Trinajstić information content (AvgIpc) is 2.97. The summed E-state index contributed by atoms with van der Waals surface area (Å²) in [6, 6.07) is 9.29. The van der Waals surface area contributed by atoms with Crippen LogP contribution in [0.25, 0.3) is 0 Å². The van der Waals surface area contributed by atoms with E-state index in [1.807, 2.05) is 12.1 Å². The Morgan fingerprint density at radius 3 is 2.25 bits per heavy atom. The van der Waals surface area contributed by atoms with Crippen molar-refractivity contribution in [3.05, 3.63) is 29.8 Å². The highest BCUT2D eigenvalue weighted by atomic mass is 32.2. The molecule has 2 rings (SSSR count). The Morgan fingerprint density at radius 2 is 1.88 bits per heavy atom. The van der Waals surface area contributed by atoms with Gasteiger partial charge >= 0.3 is 0 Å². The highest BCUT2D eigenvalue weighted by Crippen LogP contribution is 2.47. The molecule has 1 fully saturated rings. The van der Waals surface area contributed by atoms with Crippen molar-refractivity contribution in [2.45, 2.75) is 18.3 Å². The lowest BCUT2D eigenvalue weighted by atomic mass is 9.98. The Morgan fingerprint density at radius 1 is 1.31 bits per heavy atom. The van der Waals surface area contributed by atoms with Gasteiger partial charge in [-0.05, 0) is 30.5 Å². The van der Waals surface area contributed by atoms with Crippen LogP contribution in [0.3, 0.4) is 0 Å². The number of hydrogen-bond acceptors (Lipinski definition) is 3. The van der Waals surface area contributed by atoms with E-state index in [0.29, 0.717) is 5.69 Å². The van der Waals surface area contributed by atoms with Crippen molar-refractivity contribution in [2.75, 3.05) is 11.0 Å². The zero-order valence-electron chi connectivity index (χ0n) is 8.90. The number of nitrogens with one attached hydrogen (secondary N) is 1. The Kier molecular flexibility index (Phi) is 2.39. The molecule has 84 valence electrons. The molecule has 1 aromatic carbocycles. The molecule has 0 radical (unpaired) electrons. The van der Waals surface area contributed by atoms with Crippen LogP contribution in [0.2, 0.25) is 0 Å². The predicted molar refractivity (Wildman–Crippen MR) is 61.4 cm³/mol. The molecule has 0 atom stereocenters. The molecular formula is C11H12N2O2S. The van der Waals surface area contributed by atoms with Gasteiger partial charge in [0.25, 0.3) is 0 Å². The lowest BCUT2D eigenvalue weighted by molar-refractivity contribution is 0.607. The maximum atomic E-state index is 11.0. The summed E-state index contributed by atoms with van der Waals surface area (Å²) in [5, 5.41) is 9.00. The third kappa shape index (κ3) is 2.17. The molecule has 1 aliphatic carbocycles. The van der Waals surface area contributed by atoms with E-state index < -0.39 is 10.0 Å². The highest BCUT2D eigenvalue weighted by Gasteiger charge is 2.44. The Bertz CT molecular complexity index is 536. The monoisotopic (exact) mass is 236 g/mol. The van der Waals surface area contributed by atoms with Crippen LogP contribution in [-0.2, 0) is 15.4 Å². The van der Waals surface area contributed by atoms with Gasteiger partial charge in [0.2, 0.25) is 10.0 Å². The van der Waals surface area contributed by atoms with Crippen molar-refractivity contribution in [2.24, 2.45) is 0 Å². The van der Waals surface area contributed by atoms with Gasteiger partial charge in [-0.15, -0.1) is 0 Å². The molecule has 0 heterocycles. The molecule has 0 aromatic heterocycles. The number of nitriles is 1. The van der Waals surface area contributed by atoms with E-state index >= 15 is 0 Å². The smallest absolute Gasteiger partial charge is 0.229 e. The quantitative estimate of drug-likeness (QED) is 0.866. The zero-order chi connectivity index (χ0) is 11.8. The van der Waals surface area contributed by atoms with Gasteiger partial charge in [0.05, 0.1) is 17.7 Å². The first kappa shape index (κ1) is 11.0. The highest BCUT2D eigenvalue weighted by molar-refractivity contribution is 7.92. The second-order valence-electron chi connectivity index (χ2n) is 4.15. The summed E-state index contributed by atoms with van der Waals surface area (Å²) >= 11 is 0. The molecule has 1 aliphatic rings. The summed E-state index contributed by atoms with van der Waals surface area (Å²) in [5.74, 6) is 0. The fraction of sp³-hybridized carbons (Fsp3) is 0.364. The van der Waals surface area contributed by atoms with Crippen LogP contribution in [0, 0.1) is 11.3 Å². The van der Waals surface area contributed by atoms with Crippen molar-refractivity contribution >= 4 is 15.7 Å². The minimum absolute atomic E-state index is 0.316. The zero-order valence-corrected chi connectivity index (χ0v) is 9.71. The number of nitrogens with zero attached hydrogens (tertiary/aromatic N) is 1. The van der Waals surface area contributed by atoms with E-state index in [1.165, 1.54) is 0 Å². The fourth-order valence-electron chi connectivity index (χ4n) is 1.66. The Hall–Kier alpha value is -1.54. The van der Waals surface area contributed by atoms with E-state index in [9.17, 15) is 8.42 Å². The summed E-state index contributed by atoms with van der Waals surface area (Å²) in [6.45, 7) is 0. The SMILES string of the molecule is CS(=O)(=O)Nc1ccc(C2(C#N)CC2)cc1. The maximum Gasteiger partial charge on any atom is 0.229 e. The van der Waals surface area contributed by atoms with Gasteiger partial charge in [0, 0.05) is 5.69 Å². The van der Waals surface area contributed by atoms with Gasteiger partial charge in [0.15, 0.2) is 0 Å². The average molecular weight is 236 g/mol. The molecule has 0 bridgehead atoms. The molecule has 1 saturated carbocycles. The third-order valence-corrected chi connectivity index (χ3v) is 3.31. The van der Waals surface area contributed by atoms with Crippen molar-refractivity contribution in [1.29, 1.82) is 5.26 Å². The van der Waals surface area contributed by atoms with Crippen LogP contribution in [0.15, 0.2) is 24.3 Å². The Labute approximate surface area is 95.0 Å². The topological polar surface area (TPSA) is 70.0 Å². The maximum absolute atomic E-state index is 11.0.